The van der Waals surface area contributed by atoms with Gasteiger partial charge in [-0.25, -0.2) is 9.82 Å². The Hall–Kier alpha value is -1.17. The summed E-state index contributed by atoms with van der Waals surface area (Å²) in [4.78, 5) is 11.3. The molecule has 0 saturated heterocycles. The van der Waals surface area contributed by atoms with Gasteiger partial charge in [0.15, 0.2) is 0 Å². The Morgan fingerprint density at radius 1 is 1.62 bits per heavy atom. The van der Waals surface area contributed by atoms with E-state index in [1.165, 1.54) is 12.1 Å². The van der Waals surface area contributed by atoms with Gasteiger partial charge in [0.2, 0.25) is 0 Å². The molecule has 4 nitrogen and oxygen atoms in total. The fourth-order valence-electron chi connectivity index (χ4n) is 1.23. The number of carbonyl (C=O) groups excluding carboxylic acids is 1. The minimum absolute atomic E-state index is 0.0266. The second-order valence-corrected chi connectivity index (χ2v) is 3.71. The third-order valence-electron chi connectivity index (χ3n) is 2.02. The molecule has 1 atom stereocenters. The number of benzene rings is 1. The first kappa shape index (κ1) is 12.9. The van der Waals surface area contributed by atoms with Gasteiger partial charge < -0.3 is 5.73 Å². The fraction of sp³-hybridized carbons (Fsp3) is 0.300. The molecule has 0 aliphatic carbocycles. The van der Waals surface area contributed by atoms with Crippen molar-refractivity contribution in [2.75, 3.05) is 7.05 Å². The van der Waals surface area contributed by atoms with Crippen molar-refractivity contribution in [3.63, 3.8) is 0 Å². The van der Waals surface area contributed by atoms with Gasteiger partial charge in [0.25, 0.3) is 5.91 Å². The van der Waals surface area contributed by atoms with Crippen LogP contribution in [-0.2, 0) is 11.2 Å². The quantitative estimate of drug-likeness (QED) is 0.681. The van der Waals surface area contributed by atoms with Gasteiger partial charge in [0.05, 0.1) is 11.1 Å². The molecule has 88 valence electrons. The highest BCUT2D eigenvalue weighted by Gasteiger charge is 2.13. The normalized spacial score (nSPS) is 12.2. The molecular formula is C10H13ClFN3O. The van der Waals surface area contributed by atoms with Crippen LogP contribution in [0.15, 0.2) is 18.2 Å². The van der Waals surface area contributed by atoms with Crippen molar-refractivity contribution < 1.29 is 9.18 Å². The second kappa shape index (κ2) is 5.79. The van der Waals surface area contributed by atoms with Crippen LogP contribution >= 0.6 is 11.6 Å². The SMILES string of the molecule is CNNC(=O)C(N)Cc1ccc(F)c(Cl)c1. The van der Waals surface area contributed by atoms with Crippen molar-refractivity contribution in [1.82, 2.24) is 10.9 Å². The minimum Gasteiger partial charge on any atom is -0.320 e. The summed E-state index contributed by atoms with van der Waals surface area (Å²) in [5, 5.41) is 0.0266. The summed E-state index contributed by atoms with van der Waals surface area (Å²) in [6.07, 6.45) is 0.299. The van der Waals surface area contributed by atoms with Crippen LogP contribution in [0.2, 0.25) is 5.02 Å². The van der Waals surface area contributed by atoms with E-state index in [0.29, 0.717) is 12.0 Å². The molecule has 1 aromatic rings. The summed E-state index contributed by atoms with van der Waals surface area (Å²) in [6.45, 7) is 0. The van der Waals surface area contributed by atoms with Crippen LogP contribution < -0.4 is 16.6 Å². The fourth-order valence-corrected chi connectivity index (χ4v) is 1.43. The third-order valence-corrected chi connectivity index (χ3v) is 2.31. The lowest BCUT2D eigenvalue weighted by Crippen LogP contribution is -2.46. The molecule has 0 aliphatic heterocycles. The predicted octanol–water partition coefficient (Wildman–Crippen LogP) is 0.600. The molecule has 1 unspecified atom stereocenters. The van der Waals surface area contributed by atoms with E-state index in [1.54, 1.807) is 13.1 Å². The minimum atomic E-state index is -0.700. The molecule has 6 heteroatoms. The molecule has 0 radical (unpaired) electrons. The zero-order valence-electron chi connectivity index (χ0n) is 8.76. The zero-order chi connectivity index (χ0) is 12.1. The maximum atomic E-state index is 12.9. The Morgan fingerprint density at radius 3 is 2.88 bits per heavy atom. The number of nitrogens with two attached hydrogens (primary N) is 1. The standard InChI is InChI=1S/C10H13ClFN3O/c1-14-15-10(16)9(13)5-6-2-3-8(12)7(11)4-6/h2-4,9,14H,5,13H2,1H3,(H,15,16). The van der Waals surface area contributed by atoms with Gasteiger partial charge in [0.1, 0.15) is 5.82 Å². The lowest BCUT2D eigenvalue weighted by molar-refractivity contribution is -0.123. The van der Waals surface area contributed by atoms with Crippen LogP contribution in [-0.4, -0.2) is 19.0 Å². The Bertz CT molecular complexity index is 386. The Labute approximate surface area is 97.9 Å². The van der Waals surface area contributed by atoms with Gasteiger partial charge in [-0.1, -0.05) is 17.7 Å². The zero-order valence-corrected chi connectivity index (χ0v) is 9.51. The van der Waals surface area contributed by atoms with Gasteiger partial charge in [-0.15, -0.1) is 0 Å². The predicted molar refractivity (Wildman–Crippen MR) is 60.3 cm³/mol. The van der Waals surface area contributed by atoms with Gasteiger partial charge >= 0.3 is 0 Å². The van der Waals surface area contributed by atoms with E-state index >= 15 is 0 Å². The molecule has 0 aromatic heterocycles. The van der Waals surface area contributed by atoms with Crippen molar-refractivity contribution in [2.45, 2.75) is 12.5 Å². The van der Waals surface area contributed by atoms with Crippen LogP contribution in [0.4, 0.5) is 4.39 Å². The first-order chi connectivity index (χ1) is 7.54. The van der Waals surface area contributed by atoms with Crippen molar-refractivity contribution in [1.29, 1.82) is 0 Å². The highest BCUT2D eigenvalue weighted by molar-refractivity contribution is 6.30. The van der Waals surface area contributed by atoms with E-state index in [0.717, 1.165) is 0 Å². The summed E-state index contributed by atoms with van der Waals surface area (Å²) in [5.74, 6) is -0.818. The number of hydrogen-bond acceptors (Lipinski definition) is 3. The summed E-state index contributed by atoms with van der Waals surface area (Å²) in [7, 11) is 1.57. The van der Waals surface area contributed by atoms with Crippen molar-refractivity contribution in [2.24, 2.45) is 5.73 Å². The first-order valence-electron chi connectivity index (χ1n) is 4.70. The van der Waals surface area contributed by atoms with Crippen LogP contribution in [0.5, 0.6) is 0 Å². The number of rotatable bonds is 4. The Morgan fingerprint density at radius 2 is 2.31 bits per heavy atom. The van der Waals surface area contributed by atoms with Gasteiger partial charge in [-0.2, -0.15) is 0 Å². The van der Waals surface area contributed by atoms with E-state index < -0.39 is 11.9 Å². The monoisotopic (exact) mass is 245 g/mol. The molecule has 0 fully saturated rings. The lowest BCUT2D eigenvalue weighted by Gasteiger charge is -2.11. The van der Waals surface area contributed by atoms with E-state index in [4.69, 9.17) is 17.3 Å². The van der Waals surface area contributed by atoms with E-state index in [2.05, 4.69) is 10.9 Å². The molecule has 0 heterocycles. The van der Waals surface area contributed by atoms with Gasteiger partial charge in [-0.3, -0.25) is 10.2 Å². The van der Waals surface area contributed by atoms with Crippen LogP contribution in [0, 0.1) is 5.82 Å². The van der Waals surface area contributed by atoms with E-state index in [1.807, 2.05) is 0 Å². The largest absolute Gasteiger partial charge is 0.320 e. The lowest BCUT2D eigenvalue weighted by atomic mass is 10.1. The number of carbonyl (C=O) groups is 1. The second-order valence-electron chi connectivity index (χ2n) is 3.30. The highest BCUT2D eigenvalue weighted by atomic mass is 35.5. The van der Waals surface area contributed by atoms with Crippen molar-refractivity contribution in [3.8, 4) is 0 Å². The molecule has 4 N–H and O–H groups in total. The van der Waals surface area contributed by atoms with Crippen molar-refractivity contribution >= 4 is 17.5 Å². The highest BCUT2D eigenvalue weighted by Crippen LogP contribution is 2.16. The summed E-state index contributed by atoms with van der Waals surface area (Å²) in [5.41, 5.74) is 11.2. The van der Waals surface area contributed by atoms with Crippen LogP contribution in [0.3, 0.4) is 0 Å². The van der Waals surface area contributed by atoms with Crippen molar-refractivity contribution in [3.05, 3.63) is 34.6 Å². The maximum absolute atomic E-state index is 12.9. The average Bonchev–Trinajstić information content (AvgIpc) is 2.24. The number of amides is 1. The number of halogens is 2. The molecule has 0 bridgehead atoms. The molecule has 1 rings (SSSR count). The topological polar surface area (TPSA) is 67.1 Å². The summed E-state index contributed by atoms with van der Waals surface area (Å²) >= 11 is 5.61. The molecule has 0 aliphatic rings. The average molecular weight is 246 g/mol. The van der Waals surface area contributed by atoms with Gasteiger partial charge in [-0.05, 0) is 24.1 Å². The number of hydrogen-bond donors (Lipinski definition) is 3. The van der Waals surface area contributed by atoms with Crippen LogP contribution in [0.1, 0.15) is 5.56 Å². The first-order valence-corrected chi connectivity index (χ1v) is 5.08. The Balaban J connectivity index is 2.66. The molecule has 1 aromatic carbocycles. The molecule has 0 saturated carbocycles. The molecule has 16 heavy (non-hydrogen) atoms. The summed E-state index contributed by atoms with van der Waals surface area (Å²) < 4.78 is 12.9. The third kappa shape index (κ3) is 3.44. The maximum Gasteiger partial charge on any atom is 0.251 e. The summed E-state index contributed by atoms with van der Waals surface area (Å²) in [6, 6.07) is 3.56. The molecule has 0 spiro atoms. The van der Waals surface area contributed by atoms with Crippen LogP contribution in [0.25, 0.3) is 0 Å². The van der Waals surface area contributed by atoms with E-state index in [9.17, 15) is 9.18 Å². The number of hydrazine groups is 1. The molecule has 1 amide bonds. The Kier molecular flexibility index (Phi) is 4.67. The number of nitrogens with one attached hydrogen (secondary N) is 2. The molecular weight excluding hydrogens is 233 g/mol. The van der Waals surface area contributed by atoms with E-state index in [-0.39, 0.29) is 10.9 Å². The smallest absolute Gasteiger partial charge is 0.251 e. The van der Waals surface area contributed by atoms with Gasteiger partial charge in [0, 0.05) is 7.05 Å².